The summed E-state index contributed by atoms with van der Waals surface area (Å²) in [5.74, 6) is 1.74. The molecule has 2 rings (SSSR count). The third-order valence-electron chi connectivity index (χ3n) is 3.52. The van der Waals surface area contributed by atoms with E-state index < -0.39 is 0 Å². The van der Waals surface area contributed by atoms with Crippen LogP contribution < -0.4 is 15.2 Å². The van der Waals surface area contributed by atoms with Crippen molar-refractivity contribution in [2.24, 2.45) is 5.73 Å². The van der Waals surface area contributed by atoms with Crippen molar-refractivity contribution in [1.82, 2.24) is 0 Å². The zero-order chi connectivity index (χ0) is 14.5. The van der Waals surface area contributed by atoms with Crippen molar-refractivity contribution in [3.63, 3.8) is 0 Å². The zero-order valence-corrected chi connectivity index (χ0v) is 12.3. The summed E-state index contributed by atoms with van der Waals surface area (Å²) < 4.78 is 11.2. The van der Waals surface area contributed by atoms with E-state index in [0.29, 0.717) is 13.2 Å². The molecule has 0 fully saturated rings. The van der Waals surface area contributed by atoms with Crippen molar-refractivity contribution in [2.45, 2.75) is 27.0 Å². The van der Waals surface area contributed by atoms with E-state index in [2.05, 4.69) is 19.9 Å². The van der Waals surface area contributed by atoms with Gasteiger partial charge in [-0.05, 0) is 42.7 Å². The van der Waals surface area contributed by atoms with Crippen LogP contribution in [0.1, 0.15) is 22.3 Å². The lowest BCUT2D eigenvalue weighted by atomic mass is 10.1. The second-order valence-corrected chi connectivity index (χ2v) is 4.84. The van der Waals surface area contributed by atoms with Crippen LogP contribution in [0.2, 0.25) is 0 Å². The number of methoxy groups -OCH3 is 1. The molecule has 0 amide bonds. The van der Waals surface area contributed by atoms with Crippen LogP contribution in [0.4, 0.5) is 0 Å². The highest BCUT2D eigenvalue weighted by Crippen LogP contribution is 2.24. The average Bonchev–Trinajstić information content (AvgIpc) is 2.48. The van der Waals surface area contributed by atoms with Gasteiger partial charge in [-0.3, -0.25) is 0 Å². The van der Waals surface area contributed by atoms with Gasteiger partial charge in [-0.15, -0.1) is 0 Å². The summed E-state index contributed by atoms with van der Waals surface area (Å²) in [4.78, 5) is 0. The quantitative estimate of drug-likeness (QED) is 0.907. The van der Waals surface area contributed by atoms with E-state index >= 15 is 0 Å². The lowest BCUT2D eigenvalue weighted by molar-refractivity contribution is 0.302. The summed E-state index contributed by atoms with van der Waals surface area (Å²) in [6, 6.07) is 12.1. The van der Waals surface area contributed by atoms with Gasteiger partial charge >= 0.3 is 0 Å². The van der Waals surface area contributed by atoms with Crippen LogP contribution in [-0.2, 0) is 13.2 Å². The van der Waals surface area contributed by atoms with E-state index in [-0.39, 0.29) is 0 Å². The average molecular weight is 271 g/mol. The van der Waals surface area contributed by atoms with Crippen LogP contribution in [0.25, 0.3) is 0 Å². The minimum atomic E-state index is 0.474. The highest BCUT2D eigenvalue weighted by molar-refractivity contribution is 5.40. The van der Waals surface area contributed by atoms with Crippen molar-refractivity contribution in [2.75, 3.05) is 7.11 Å². The SMILES string of the molecule is COc1cc(COc2cccc(C)c2C)ccc1CN. The molecule has 2 aromatic carbocycles. The molecule has 0 aliphatic rings. The Hall–Kier alpha value is -2.00. The van der Waals surface area contributed by atoms with E-state index in [4.69, 9.17) is 15.2 Å². The molecule has 2 aromatic rings. The third kappa shape index (κ3) is 3.11. The molecule has 2 N–H and O–H groups in total. The molecule has 106 valence electrons. The van der Waals surface area contributed by atoms with Gasteiger partial charge in [-0.25, -0.2) is 0 Å². The van der Waals surface area contributed by atoms with Gasteiger partial charge < -0.3 is 15.2 Å². The Bertz CT molecular complexity index is 594. The predicted molar refractivity (Wildman–Crippen MR) is 81.1 cm³/mol. The standard InChI is InChI=1S/C17H21NO2/c1-12-5-4-6-16(13(12)2)20-11-14-7-8-15(10-18)17(9-14)19-3/h4-9H,10-11,18H2,1-3H3. The van der Waals surface area contributed by atoms with Gasteiger partial charge in [-0.1, -0.05) is 24.3 Å². The largest absolute Gasteiger partial charge is 0.496 e. The first-order valence-electron chi connectivity index (χ1n) is 6.70. The van der Waals surface area contributed by atoms with Crippen LogP contribution in [0.3, 0.4) is 0 Å². The Morgan fingerprint density at radius 3 is 2.55 bits per heavy atom. The molecular weight excluding hydrogens is 250 g/mol. The molecule has 20 heavy (non-hydrogen) atoms. The zero-order valence-electron chi connectivity index (χ0n) is 12.3. The summed E-state index contributed by atoms with van der Waals surface area (Å²) >= 11 is 0. The number of benzene rings is 2. The van der Waals surface area contributed by atoms with Crippen molar-refractivity contribution >= 4 is 0 Å². The molecule has 0 saturated carbocycles. The number of aryl methyl sites for hydroxylation is 1. The molecule has 0 atom stereocenters. The van der Waals surface area contributed by atoms with Crippen LogP contribution in [0.5, 0.6) is 11.5 Å². The summed E-state index contributed by atoms with van der Waals surface area (Å²) in [6.07, 6.45) is 0. The molecule has 0 aromatic heterocycles. The maximum atomic E-state index is 5.89. The molecule has 3 heteroatoms. The van der Waals surface area contributed by atoms with Crippen molar-refractivity contribution in [3.05, 3.63) is 58.7 Å². The molecule has 0 spiro atoms. The van der Waals surface area contributed by atoms with E-state index in [9.17, 15) is 0 Å². The minimum Gasteiger partial charge on any atom is -0.496 e. The van der Waals surface area contributed by atoms with Gasteiger partial charge in [0, 0.05) is 12.1 Å². The van der Waals surface area contributed by atoms with Gasteiger partial charge in [0.05, 0.1) is 7.11 Å². The fourth-order valence-corrected chi connectivity index (χ4v) is 2.09. The number of nitrogens with two attached hydrogens (primary N) is 1. The molecule has 3 nitrogen and oxygen atoms in total. The molecule has 0 saturated heterocycles. The fourth-order valence-electron chi connectivity index (χ4n) is 2.09. The summed E-state index contributed by atoms with van der Waals surface area (Å²) in [7, 11) is 1.66. The predicted octanol–water partition coefficient (Wildman–Crippen LogP) is 3.35. The van der Waals surface area contributed by atoms with Crippen LogP contribution in [-0.4, -0.2) is 7.11 Å². The third-order valence-corrected chi connectivity index (χ3v) is 3.52. The summed E-state index contributed by atoms with van der Waals surface area (Å²) in [5.41, 5.74) is 10.2. The van der Waals surface area contributed by atoms with E-state index in [1.165, 1.54) is 11.1 Å². The number of ether oxygens (including phenoxy) is 2. The Morgan fingerprint density at radius 2 is 1.85 bits per heavy atom. The monoisotopic (exact) mass is 271 g/mol. The first-order valence-corrected chi connectivity index (χ1v) is 6.70. The fraction of sp³-hybridized carbons (Fsp3) is 0.294. The minimum absolute atomic E-state index is 0.474. The summed E-state index contributed by atoms with van der Waals surface area (Å²) in [6.45, 7) is 5.15. The second-order valence-electron chi connectivity index (χ2n) is 4.84. The Kier molecular flexibility index (Phi) is 4.64. The molecule has 0 heterocycles. The molecule has 0 aliphatic heterocycles. The van der Waals surface area contributed by atoms with Crippen molar-refractivity contribution < 1.29 is 9.47 Å². The maximum absolute atomic E-state index is 5.89. The van der Waals surface area contributed by atoms with E-state index in [0.717, 1.165) is 22.6 Å². The first kappa shape index (κ1) is 14.4. The number of hydrogen-bond acceptors (Lipinski definition) is 3. The van der Waals surface area contributed by atoms with Gasteiger partial charge in [0.1, 0.15) is 18.1 Å². The lowest BCUT2D eigenvalue weighted by Crippen LogP contribution is -2.02. The molecule has 0 radical (unpaired) electrons. The normalized spacial score (nSPS) is 10.4. The smallest absolute Gasteiger partial charge is 0.123 e. The Morgan fingerprint density at radius 1 is 1.05 bits per heavy atom. The topological polar surface area (TPSA) is 44.5 Å². The molecule has 0 unspecified atom stereocenters. The highest BCUT2D eigenvalue weighted by Gasteiger charge is 2.05. The summed E-state index contributed by atoms with van der Waals surface area (Å²) in [5, 5.41) is 0. The molecular formula is C17H21NO2. The van der Waals surface area contributed by atoms with Crippen LogP contribution in [0, 0.1) is 13.8 Å². The van der Waals surface area contributed by atoms with Gasteiger partial charge in [0.2, 0.25) is 0 Å². The Labute approximate surface area is 120 Å². The second kappa shape index (κ2) is 6.44. The van der Waals surface area contributed by atoms with E-state index in [1.807, 2.05) is 30.3 Å². The number of rotatable bonds is 5. The Balaban J connectivity index is 2.13. The molecule has 0 aliphatic carbocycles. The van der Waals surface area contributed by atoms with Crippen LogP contribution in [0.15, 0.2) is 36.4 Å². The highest BCUT2D eigenvalue weighted by atomic mass is 16.5. The van der Waals surface area contributed by atoms with Crippen molar-refractivity contribution in [3.8, 4) is 11.5 Å². The van der Waals surface area contributed by atoms with Gasteiger partial charge in [0.25, 0.3) is 0 Å². The van der Waals surface area contributed by atoms with Gasteiger partial charge in [-0.2, -0.15) is 0 Å². The van der Waals surface area contributed by atoms with Gasteiger partial charge in [0.15, 0.2) is 0 Å². The first-order chi connectivity index (χ1) is 9.65. The maximum Gasteiger partial charge on any atom is 0.123 e. The lowest BCUT2D eigenvalue weighted by Gasteiger charge is -2.13. The molecule has 0 bridgehead atoms. The van der Waals surface area contributed by atoms with E-state index in [1.54, 1.807) is 7.11 Å². The van der Waals surface area contributed by atoms with Crippen LogP contribution >= 0.6 is 0 Å². The van der Waals surface area contributed by atoms with Crippen molar-refractivity contribution in [1.29, 1.82) is 0 Å². The number of hydrogen-bond donors (Lipinski definition) is 1.